The molecule has 1 unspecified atom stereocenters. The Morgan fingerprint density at radius 2 is 1.50 bits per heavy atom. The average molecular weight is 355 g/mol. The summed E-state index contributed by atoms with van der Waals surface area (Å²) in [6.07, 6.45) is 12.3. The van der Waals surface area contributed by atoms with Crippen molar-refractivity contribution in [2.45, 2.75) is 77.2 Å². The van der Waals surface area contributed by atoms with Gasteiger partial charge >= 0.3 is 35.5 Å². The minimum atomic E-state index is -0.883. The van der Waals surface area contributed by atoms with Gasteiger partial charge in [-0.2, -0.15) is 0 Å². The molecule has 0 bridgehead atoms. The molecule has 0 amide bonds. The van der Waals surface area contributed by atoms with Crippen molar-refractivity contribution in [3.8, 4) is 0 Å². The zero-order chi connectivity index (χ0) is 17.3. The zero-order valence-electron chi connectivity index (χ0n) is 15.1. The van der Waals surface area contributed by atoms with Gasteiger partial charge in [-0.25, -0.2) is 0 Å². The summed E-state index contributed by atoms with van der Waals surface area (Å²) in [6.45, 7) is 3.47. The normalized spacial score (nSPS) is 12.2. The molecule has 5 nitrogen and oxygen atoms in total. The summed E-state index contributed by atoms with van der Waals surface area (Å²) < 4.78 is 5.45. The molecule has 24 heavy (non-hydrogen) atoms. The van der Waals surface area contributed by atoms with E-state index < -0.39 is 12.1 Å². The molecule has 0 aliphatic carbocycles. The SMILES string of the molecule is CCCCCCCCCCCCOCC(O)CN(C)CC(=O)O.[NaH]. The number of aliphatic carboxylic acids is 1. The number of aliphatic hydroxyl groups excluding tert-OH is 1. The van der Waals surface area contributed by atoms with E-state index in [1.165, 1.54) is 57.8 Å². The molecule has 6 heteroatoms. The molecule has 0 aliphatic heterocycles. The predicted octanol–water partition coefficient (Wildman–Crippen LogP) is 2.65. The summed E-state index contributed by atoms with van der Waals surface area (Å²) in [5.74, 6) is -0.883. The molecule has 0 fully saturated rings. The van der Waals surface area contributed by atoms with Gasteiger partial charge < -0.3 is 14.9 Å². The average Bonchev–Trinajstić information content (AvgIpc) is 2.47. The van der Waals surface area contributed by atoms with E-state index in [1.54, 1.807) is 11.9 Å². The van der Waals surface area contributed by atoms with Crippen molar-refractivity contribution in [3.63, 3.8) is 0 Å². The third-order valence-electron chi connectivity index (χ3n) is 3.88. The Morgan fingerprint density at radius 1 is 1.00 bits per heavy atom. The van der Waals surface area contributed by atoms with Gasteiger partial charge in [-0.1, -0.05) is 64.7 Å². The number of rotatable bonds is 17. The number of carboxylic acids is 1. The van der Waals surface area contributed by atoms with Crippen molar-refractivity contribution in [2.24, 2.45) is 0 Å². The molecule has 0 aromatic carbocycles. The first-order chi connectivity index (χ1) is 11.1. The number of carboxylic acid groups (broad SMARTS) is 1. The molecule has 0 saturated carbocycles. The fraction of sp³-hybridized carbons (Fsp3) is 0.944. The monoisotopic (exact) mass is 355 g/mol. The zero-order valence-corrected chi connectivity index (χ0v) is 15.1. The van der Waals surface area contributed by atoms with E-state index in [0.717, 1.165) is 6.42 Å². The first-order valence-electron chi connectivity index (χ1n) is 9.22. The van der Waals surface area contributed by atoms with Crippen LogP contribution in [-0.2, 0) is 9.53 Å². The number of unbranched alkanes of at least 4 members (excludes halogenated alkanes) is 9. The molecule has 2 N–H and O–H groups in total. The van der Waals surface area contributed by atoms with Crippen molar-refractivity contribution in [1.82, 2.24) is 4.90 Å². The van der Waals surface area contributed by atoms with Crippen molar-refractivity contribution < 1.29 is 19.7 Å². The quantitative estimate of drug-likeness (QED) is 0.310. The molecule has 0 aromatic heterocycles. The van der Waals surface area contributed by atoms with E-state index in [0.29, 0.717) is 13.2 Å². The van der Waals surface area contributed by atoms with Crippen LogP contribution in [0.15, 0.2) is 0 Å². The molecule has 1 atom stereocenters. The number of likely N-dealkylation sites (N-methyl/N-ethyl adjacent to an activating group) is 1. The molecule has 0 aliphatic rings. The van der Waals surface area contributed by atoms with E-state index in [9.17, 15) is 9.90 Å². The van der Waals surface area contributed by atoms with Crippen LogP contribution >= 0.6 is 0 Å². The van der Waals surface area contributed by atoms with Crippen LogP contribution in [0.25, 0.3) is 0 Å². The number of ether oxygens (including phenoxy) is 1. The predicted molar refractivity (Wildman–Crippen MR) is 101 cm³/mol. The van der Waals surface area contributed by atoms with Gasteiger partial charge in [0.05, 0.1) is 19.3 Å². The molecule has 0 heterocycles. The van der Waals surface area contributed by atoms with Crippen molar-refractivity contribution in [3.05, 3.63) is 0 Å². The summed E-state index contributed by atoms with van der Waals surface area (Å²) in [7, 11) is 1.68. The standard InChI is InChI=1S/C18H37NO4.Na.H/c1-3-4-5-6-7-8-9-10-11-12-13-23-16-17(20)14-19(2)15-18(21)22;;/h17,20H,3-16H2,1-2H3,(H,21,22);;. The van der Waals surface area contributed by atoms with Gasteiger partial charge in [-0.05, 0) is 13.5 Å². The molecule has 0 radical (unpaired) electrons. The topological polar surface area (TPSA) is 70.0 Å². The number of aliphatic hydroxyl groups is 1. The van der Waals surface area contributed by atoms with E-state index in [4.69, 9.17) is 9.84 Å². The molecule has 0 aromatic rings. The van der Waals surface area contributed by atoms with Crippen LogP contribution in [0, 0.1) is 0 Å². The first kappa shape index (κ1) is 26.6. The third-order valence-corrected chi connectivity index (χ3v) is 3.88. The van der Waals surface area contributed by atoms with Crippen LogP contribution < -0.4 is 0 Å². The van der Waals surface area contributed by atoms with Crippen LogP contribution in [-0.4, -0.2) is 90.1 Å². The van der Waals surface area contributed by atoms with Gasteiger partial charge in [0.15, 0.2) is 0 Å². The fourth-order valence-corrected chi connectivity index (χ4v) is 2.62. The van der Waals surface area contributed by atoms with E-state index in [2.05, 4.69) is 6.92 Å². The second kappa shape index (κ2) is 19.7. The summed E-state index contributed by atoms with van der Waals surface area (Å²) >= 11 is 0. The number of carbonyl (C=O) groups is 1. The Labute approximate surface area is 170 Å². The van der Waals surface area contributed by atoms with E-state index in [-0.39, 0.29) is 42.7 Å². The number of nitrogens with zero attached hydrogens (tertiary/aromatic N) is 1. The second-order valence-corrected chi connectivity index (χ2v) is 6.50. The van der Waals surface area contributed by atoms with Crippen LogP contribution in [0.2, 0.25) is 0 Å². The number of hydrogen-bond acceptors (Lipinski definition) is 4. The Bertz CT molecular complexity index is 280. The van der Waals surface area contributed by atoms with Crippen molar-refractivity contribution >= 4 is 35.5 Å². The maximum absolute atomic E-state index is 10.5. The molecular weight excluding hydrogens is 317 g/mol. The minimum absolute atomic E-state index is 0. The van der Waals surface area contributed by atoms with Crippen LogP contribution in [0.4, 0.5) is 0 Å². The van der Waals surface area contributed by atoms with Gasteiger partial charge in [0.2, 0.25) is 0 Å². The summed E-state index contributed by atoms with van der Waals surface area (Å²) in [5, 5.41) is 18.4. The fourth-order valence-electron chi connectivity index (χ4n) is 2.62. The second-order valence-electron chi connectivity index (χ2n) is 6.50. The summed E-state index contributed by atoms with van der Waals surface area (Å²) in [6, 6.07) is 0. The van der Waals surface area contributed by atoms with Crippen molar-refractivity contribution in [2.75, 3.05) is 33.4 Å². The first-order valence-corrected chi connectivity index (χ1v) is 9.22. The Kier molecular flexibility index (Phi) is 21.8. The molecule has 0 saturated heterocycles. The van der Waals surface area contributed by atoms with E-state index in [1.807, 2.05) is 0 Å². The van der Waals surface area contributed by atoms with Gasteiger partial charge in [0.25, 0.3) is 0 Å². The van der Waals surface area contributed by atoms with E-state index >= 15 is 0 Å². The third kappa shape index (κ3) is 20.4. The molecular formula is C18H38NNaO4. The molecule has 0 spiro atoms. The Morgan fingerprint density at radius 3 is 2.00 bits per heavy atom. The number of hydrogen-bond donors (Lipinski definition) is 2. The summed E-state index contributed by atoms with van der Waals surface area (Å²) in [5.41, 5.74) is 0. The Hall–Kier alpha value is 0.350. The van der Waals surface area contributed by atoms with Gasteiger partial charge in [-0.3, -0.25) is 9.69 Å². The van der Waals surface area contributed by atoms with Gasteiger partial charge in [-0.15, -0.1) is 0 Å². The van der Waals surface area contributed by atoms with Crippen LogP contribution in [0.3, 0.4) is 0 Å². The van der Waals surface area contributed by atoms with Gasteiger partial charge in [0.1, 0.15) is 0 Å². The summed E-state index contributed by atoms with van der Waals surface area (Å²) in [4.78, 5) is 12.1. The van der Waals surface area contributed by atoms with Gasteiger partial charge in [0, 0.05) is 13.2 Å². The van der Waals surface area contributed by atoms with Crippen LogP contribution in [0.5, 0.6) is 0 Å². The molecule has 0 rings (SSSR count). The maximum atomic E-state index is 10.5. The Balaban J connectivity index is 0. The van der Waals surface area contributed by atoms with Crippen molar-refractivity contribution in [1.29, 1.82) is 0 Å². The molecule has 140 valence electrons. The van der Waals surface area contributed by atoms with Crippen LogP contribution in [0.1, 0.15) is 71.1 Å².